The van der Waals surface area contributed by atoms with E-state index in [0.29, 0.717) is 29.1 Å². The average molecular weight is 484 g/mol. The predicted octanol–water partition coefficient (Wildman–Crippen LogP) is 4.94. The molecule has 0 saturated heterocycles. The monoisotopic (exact) mass is 483 g/mol. The molecule has 2 amide bonds. The van der Waals surface area contributed by atoms with Gasteiger partial charge in [-0.1, -0.05) is 30.3 Å². The van der Waals surface area contributed by atoms with Crippen LogP contribution in [0.3, 0.4) is 0 Å². The standard InChI is InChI=1S/C29H26FN3O3/c1-36-27-7-3-5-24(18-27)29(35)33(20-23-4-2-6-25(30)16-23)26-10-8-21(9-11-26)17-28(34)32-19-22-12-14-31-15-13-22/h2-16,18H,17,19-20H2,1H3,(H,32,34). The number of nitrogens with zero attached hydrogens (tertiary/aromatic N) is 2. The number of pyridine rings is 1. The Kier molecular flexibility index (Phi) is 8.03. The number of rotatable bonds is 9. The number of carbonyl (C=O) groups is 2. The zero-order valence-electron chi connectivity index (χ0n) is 19.9. The van der Waals surface area contributed by atoms with Crippen molar-refractivity contribution in [1.82, 2.24) is 10.3 Å². The number of ether oxygens (including phenoxy) is 1. The lowest BCUT2D eigenvalue weighted by atomic mass is 10.1. The van der Waals surface area contributed by atoms with Crippen LogP contribution in [0.5, 0.6) is 5.75 Å². The number of methoxy groups -OCH3 is 1. The van der Waals surface area contributed by atoms with Gasteiger partial charge in [-0.15, -0.1) is 0 Å². The molecule has 36 heavy (non-hydrogen) atoms. The molecule has 4 aromatic rings. The molecule has 0 spiro atoms. The highest BCUT2D eigenvalue weighted by atomic mass is 19.1. The number of amides is 2. The summed E-state index contributed by atoms with van der Waals surface area (Å²) in [6, 6.07) is 24.0. The highest BCUT2D eigenvalue weighted by Gasteiger charge is 2.19. The molecule has 1 N–H and O–H groups in total. The Morgan fingerprint density at radius 3 is 2.36 bits per heavy atom. The summed E-state index contributed by atoms with van der Waals surface area (Å²) in [6.45, 7) is 0.607. The van der Waals surface area contributed by atoms with Gasteiger partial charge in [0.15, 0.2) is 0 Å². The van der Waals surface area contributed by atoms with Crippen molar-refractivity contribution in [1.29, 1.82) is 0 Å². The van der Waals surface area contributed by atoms with Crippen LogP contribution in [0.15, 0.2) is 97.3 Å². The van der Waals surface area contributed by atoms with Crippen molar-refractivity contribution in [2.24, 2.45) is 0 Å². The Bertz CT molecular complexity index is 1330. The Morgan fingerprint density at radius 1 is 0.889 bits per heavy atom. The molecule has 3 aromatic carbocycles. The maximum Gasteiger partial charge on any atom is 0.258 e. The second-order valence-corrected chi connectivity index (χ2v) is 8.23. The normalized spacial score (nSPS) is 10.5. The molecule has 0 radical (unpaired) electrons. The van der Waals surface area contributed by atoms with Gasteiger partial charge in [-0.05, 0) is 71.3 Å². The fourth-order valence-electron chi connectivity index (χ4n) is 3.75. The summed E-state index contributed by atoms with van der Waals surface area (Å²) in [5.41, 5.74) is 3.52. The van der Waals surface area contributed by atoms with Gasteiger partial charge in [0.2, 0.25) is 5.91 Å². The van der Waals surface area contributed by atoms with E-state index in [2.05, 4.69) is 10.3 Å². The van der Waals surface area contributed by atoms with Crippen molar-refractivity contribution in [2.45, 2.75) is 19.5 Å². The van der Waals surface area contributed by atoms with Crippen LogP contribution in [0.1, 0.15) is 27.0 Å². The molecule has 0 aliphatic carbocycles. The lowest BCUT2D eigenvalue weighted by molar-refractivity contribution is -0.120. The third kappa shape index (κ3) is 6.54. The van der Waals surface area contributed by atoms with Gasteiger partial charge in [-0.25, -0.2) is 4.39 Å². The van der Waals surface area contributed by atoms with E-state index in [4.69, 9.17) is 4.74 Å². The number of nitrogens with one attached hydrogen (secondary N) is 1. The first kappa shape index (κ1) is 24.6. The van der Waals surface area contributed by atoms with Gasteiger partial charge in [0, 0.05) is 30.2 Å². The quantitative estimate of drug-likeness (QED) is 0.366. The molecule has 0 unspecified atom stereocenters. The van der Waals surface area contributed by atoms with Gasteiger partial charge in [-0.2, -0.15) is 0 Å². The summed E-state index contributed by atoms with van der Waals surface area (Å²) in [5.74, 6) is -0.154. The van der Waals surface area contributed by atoms with Crippen LogP contribution in [-0.2, 0) is 24.3 Å². The van der Waals surface area contributed by atoms with Gasteiger partial charge in [0.05, 0.1) is 20.1 Å². The largest absolute Gasteiger partial charge is 0.497 e. The Morgan fingerprint density at radius 2 is 1.64 bits per heavy atom. The molecule has 0 bridgehead atoms. The third-order valence-corrected chi connectivity index (χ3v) is 5.64. The van der Waals surface area contributed by atoms with E-state index >= 15 is 0 Å². The average Bonchev–Trinajstić information content (AvgIpc) is 2.91. The summed E-state index contributed by atoms with van der Waals surface area (Å²) in [6.07, 6.45) is 3.57. The predicted molar refractivity (Wildman–Crippen MR) is 136 cm³/mol. The first-order chi connectivity index (χ1) is 17.5. The number of carbonyl (C=O) groups excluding carboxylic acids is 2. The second kappa shape index (κ2) is 11.8. The minimum Gasteiger partial charge on any atom is -0.497 e. The smallest absolute Gasteiger partial charge is 0.258 e. The molecule has 4 rings (SSSR count). The van der Waals surface area contributed by atoms with Crippen LogP contribution < -0.4 is 15.0 Å². The molecule has 0 fully saturated rings. The minimum absolute atomic E-state index is 0.108. The van der Waals surface area contributed by atoms with Crippen LogP contribution in [0.2, 0.25) is 0 Å². The van der Waals surface area contributed by atoms with Gasteiger partial charge >= 0.3 is 0 Å². The first-order valence-electron chi connectivity index (χ1n) is 11.5. The molecular formula is C29H26FN3O3. The fourth-order valence-corrected chi connectivity index (χ4v) is 3.75. The Hall–Kier alpha value is -4.52. The first-order valence-corrected chi connectivity index (χ1v) is 11.5. The fraction of sp³-hybridized carbons (Fsp3) is 0.138. The summed E-state index contributed by atoms with van der Waals surface area (Å²) in [4.78, 5) is 31.4. The van der Waals surface area contributed by atoms with Gasteiger partial charge in [-0.3, -0.25) is 14.6 Å². The van der Waals surface area contributed by atoms with Gasteiger partial charge < -0.3 is 15.0 Å². The molecule has 182 valence electrons. The minimum atomic E-state index is -0.366. The molecule has 6 nitrogen and oxygen atoms in total. The van der Waals surface area contributed by atoms with Crippen LogP contribution in [0.25, 0.3) is 0 Å². The highest BCUT2D eigenvalue weighted by Crippen LogP contribution is 2.23. The molecule has 0 atom stereocenters. The van der Waals surface area contributed by atoms with Crippen molar-refractivity contribution < 1.29 is 18.7 Å². The SMILES string of the molecule is COc1cccc(C(=O)N(Cc2cccc(F)c2)c2ccc(CC(=O)NCc3ccncc3)cc2)c1. The Labute approximate surface area is 209 Å². The molecule has 0 aliphatic rings. The van der Waals surface area contributed by atoms with Crippen LogP contribution in [0, 0.1) is 5.82 Å². The summed E-state index contributed by atoms with van der Waals surface area (Å²) in [7, 11) is 1.54. The molecule has 1 heterocycles. The topological polar surface area (TPSA) is 71.5 Å². The van der Waals surface area contributed by atoms with Gasteiger partial charge in [0.1, 0.15) is 11.6 Å². The van der Waals surface area contributed by atoms with E-state index in [-0.39, 0.29) is 30.6 Å². The van der Waals surface area contributed by atoms with E-state index in [9.17, 15) is 14.0 Å². The molecular weight excluding hydrogens is 457 g/mol. The second-order valence-electron chi connectivity index (χ2n) is 8.23. The zero-order valence-corrected chi connectivity index (χ0v) is 19.9. The van der Waals surface area contributed by atoms with Crippen LogP contribution in [0.4, 0.5) is 10.1 Å². The third-order valence-electron chi connectivity index (χ3n) is 5.64. The summed E-state index contributed by atoms with van der Waals surface area (Å²) >= 11 is 0. The number of hydrogen-bond acceptors (Lipinski definition) is 4. The van der Waals surface area contributed by atoms with Crippen molar-refractivity contribution in [3.8, 4) is 5.75 Å². The lowest BCUT2D eigenvalue weighted by Gasteiger charge is -2.24. The van der Waals surface area contributed by atoms with Crippen molar-refractivity contribution in [3.63, 3.8) is 0 Å². The number of benzene rings is 3. The highest BCUT2D eigenvalue weighted by molar-refractivity contribution is 6.06. The lowest BCUT2D eigenvalue weighted by Crippen LogP contribution is -2.30. The van der Waals surface area contributed by atoms with Crippen LogP contribution in [-0.4, -0.2) is 23.9 Å². The molecule has 1 aromatic heterocycles. The maximum absolute atomic E-state index is 13.8. The van der Waals surface area contributed by atoms with Crippen molar-refractivity contribution in [2.75, 3.05) is 12.0 Å². The van der Waals surface area contributed by atoms with E-state index in [1.165, 1.54) is 12.1 Å². The number of aromatic nitrogens is 1. The van der Waals surface area contributed by atoms with E-state index in [1.807, 2.05) is 24.3 Å². The molecule has 0 aliphatic heterocycles. The van der Waals surface area contributed by atoms with E-state index in [0.717, 1.165) is 11.1 Å². The number of hydrogen-bond donors (Lipinski definition) is 1. The van der Waals surface area contributed by atoms with Crippen molar-refractivity contribution in [3.05, 3.63) is 125 Å². The Balaban J connectivity index is 1.51. The summed E-state index contributed by atoms with van der Waals surface area (Å²) < 4.78 is 19.1. The summed E-state index contributed by atoms with van der Waals surface area (Å²) in [5, 5.41) is 2.89. The van der Waals surface area contributed by atoms with Crippen molar-refractivity contribution >= 4 is 17.5 Å². The molecule has 0 saturated carbocycles. The van der Waals surface area contributed by atoms with E-state index < -0.39 is 0 Å². The number of anilines is 1. The molecule has 7 heteroatoms. The maximum atomic E-state index is 13.8. The van der Waals surface area contributed by atoms with Gasteiger partial charge in [0.25, 0.3) is 5.91 Å². The number of halogens is 1. The zero-order chi connectivity index (χ0) is 25.3. The van der Waals surface area contributed by atoms with E-state index in [1.54, 1.807) is 72.9 Å². The van der Waals surface area contributed by atoms with Crippen LogP contribution >= 0.6 is 0 Å².